The largest absolute Gasteiger partial charge is 0.447 e. The van der Waals surface area contributed by atoms with Gasteiger partial charge in [0.1, 0.15) is 17.7 Å². The fourth-order valence-corrected chi connectivity index (χ4v) is 5.35. The molecule has 0 aromatic carbocycles. The Labute approximate surface area is 232 Å². The number of nitrogens with zero attached hydrogens (tertiary/aromatic N) is 4. The highest BCUT2D eigenvalue weighted by molar-refractivity contribution is 6.29. The lowest BCUT2D eigenvalue weighted by Crippen LogP contribution is -2.50. The van der Waals surface area contributed by atoms with Crippen LogP contribution in [0.25, 0.3) is 6.08 Å². The van der Waals surface area contributed by atoms with Crippen molar-refractivity contribution in [1.29, 1.82) is 0 Å². The predicted molar refractivity (Wildman–Crippen MR) is 147 cm³/mol. The molecule has 0 radical (unpaired) electrons. The number of rotatable bonds is 6. The van der Waals surface area contributed by atoms with Crippen LogP contribution in [-0.2, 0) is 9.53 Å². The fourth-order valence-electron chi connectivity index (χ4n) is 5.12. The van der Waals surface area contributed by atoms with Crippen LogP contribution in [0.15, 0.2) is 39.8 Å². The SMILES string of the molecule is CC(C)OC(=O)N1CCCCC1CNC1CC(NC2=CCCC(Cl)=C2)=Nc2c(/C=C3\NC(O)NC3=O)cnn21. The zero-order valence-electron chi connectivity index (χ0n) is 22.1. The third-order valence-electron chi connectivity index (χ3n) is 6.96. The second-order valence-corrected chi connectivity index (χ2v) is 10.8. The number of ether oxygens (including phenoxy) is 1. The molecule has 3 aliphatic heterocycles. The molecule has 4 heterocycles. The van der Waals surface area contributed by atoms with Gasteiger partial charge in [-0.1, -0.05) is 17.7 Å². The Morgan fingerprint density at radius 3 is 2.95 bits per heavy atom. The quantitative estimate of drug-likeness (QED) is 0.335. The highest BCUT2D eigenvalue weighted by atomic mass is 35.5. The average molecular weight is 559 g/mol. The number of amides is 2. The molecule has 0 spiro atoms. The minimum atomic E-state index is -1.14. The highest BCUT2D eigenvalue weighted by Crippen LogP contribution is 2.31. The van der Waals surface area contributed by atoms with Crippen LogP contribution >= 0.6 is 11.6 Å². The maximum absolute atomic E-state index is 12.7. The summed E-state index contributed by atoms with van der Waals surface area (Å²) in [5, 5.41) is 27.2. The molecule has 12 nitrogen and oxygen atoms in total. The van der Waals surface area contributed by atoms with Gasteiger partial charge in [-0.05, 0) is 58.1 Å². The highest BCUT2D eigenvalue weighted by Gasteiger charge is 2.32. The van der Waals surface area contributed by atoms with Gasteiger partial charge in [0.25, 0.3) is 5.91 Å². The topological polar surface area (TPSA) is 145 Å². The Balaban J connectivity index is 1.38. The molecule has 5 rings (SSSR count). The summed E-state index contributed by atoms with van der Waals surface area (Å²) in [5.74, 6) is 0.877. The van der Waals surface area contributed by atoms with E-state index in [0.717, 1.165) is 48.7 Å². The first-order valence-corrected chi connectivity index (χ1v) is 13.8. The Hall–Kier alpha value is -3.35. The summed E-state index contributed by atoms with van der Waals surface area (Å²) in [5.41, 5.74) is 1.73. The molecule has 0 bridgehead atoms. The number of fused-ring (bicyclic) bond motifs is 1. The number of aromatic nitrogens is 2. The zero-order valence-corrected chi connectivity index (χ0v) is 22.9. The van der Waals surface area contributed by atoms with Crippen molar-refractivity contribution in [3.63, 3.8) is 0 Å². The van der Waals surface area contributed by atoms with Crippen molar-refractivity contribution in [2.24, 2.45) is 4.99 Å². The molecule has 2 saturated heterocycles. The number of carbonyl (C=O) groups excluding carboxylic acids is 2. The maximum atomic E-state index is 12.7. The smallest absolute Gasteiger partial charge is 0.410 e. The van der Waals surface area contributed by atoms with E-state index in [9.17, 15) is 14.7 Å². The molecule has 0 saturated carbocycles. The molecule has 5 N–H and O–H groups in total. The number of amidine groups is 1. The molecule has 3 unspecified atom stereocenters. The molecular weight excluding hydrogens is 524 g/mol. The van der Waals surface area contributed by atoms with Gasteiger partial charge < -0.3 is 30.7 Å². The number of likely N-dealkylation sites (tertiary alicyclic amines) is 1. The lowest BCUT2D eigenvalue weighted by molar-refractivity contribution is -0.117. The monoisotopic (exact) mass is 558 g/mol. The van der Waals surface area contributed by atoms with Crippen molar-refractivity contribution in [3.05, 3.63) is 40.3 Å². The van der Waals surface area contributed by atoms with E-state index < -0.39 is 12.3 Å². The third-order valence-corrected chi connectivity index (χ3v) is 7.26. The molecule has 1 aromatic rings. The Morgan fingerprint density at radius 1 is 1.36 bits per heavy atom. The standard InChI is InChI=1S/C26H35ClN8O4/c1-15(2)39-26(38)34-9-4-3-8-19(34)14-28-22-12-21(30-18-7-5-6-17(27)11-18)32-23-16(13-29-35(22)23)10-20-24(36)33-25(37)31-20/h7,10-11,13,15,19,22,25,28,31,37H,3-6,8-9,12,14H2,1-2H3,(H,30,32)(H,33,36)/b20-10-. The van der Waals surface area contributed by atoms with Gasteiger partial charge >= 0.3 is 6.09 Å². The van der Waals surface area contributed by atoms with E-state index in [1.165, 1.54) is 0 Å². The average Bonchev–Trinajstić information content (AvgIpc) is 3.44. The summed E-state index contributed by atoms with van der Waals surface area (Å²) in [7, 11) is 0. The van der Waals surface area contributed by atoms with Crippen LogP contribution in [0, 0.1) is 0 Å². The van der Waals surface area contributed by atoms with Crippen molar-refractivity contribution in [1.82, 2.24) is 35.9 Å². The molecule has 1 aliphatic carbocycles. The van der Waals surface area contributed by atoms with Crippen molar-refractivity contribution in [2.45, 2.75) is 77.0 Å². The summed E-state index contributed by atoms with van der Waals surface area (Å²) >= 11 is 6.27. The molecule has 4 aliphatic rings. The molecular formula is C26H35ClN8O4. The van der Waals surface area contributed by atoms with E-state index in [2.05, 4.69) is 32.4 Å². The molecule has 13 heteroatoms. The van der Waals surface area contributed by atoms with Crippen LogP contribution in [0.4, 0.5) is 10.6 Å². The minimum Gasteiger partial charge on any atom is -0.447 e. The number of carbonyl (C=O) groups is 2. The van der Waals surface area contributed by atoms with Crippen molar-refractivity contribution in [3.8, 4) is 0 Å². The third kappa shape index (κ3) is 6.45. The van der Waals surface area contributed by atoms with E-state index in [0.29, 0.717) is 30.9 Å². The number of hydrogen-bond donors (Lipinski definition) is 5. The number of halogens is 1. The van der Waals surface area contributed by atoms with Crippen LogP contribution in [0.2, 0.25) is 0 Å². The second-order valence-electron chi connectivity index (χ2n) is 10.3. The normalized spacial score (nSPS) is 25.9. The Kier molecular flexibility index (Phi) is 8.24. The Morgan fingerprint density at radius 2 is 2.21 bits per heavy atom. The van der Waals surface area contributed by atoms with Gasteiger partial charge in [-0.3, -0.25) is 10.1 Å². The van der Waals surface area contributed by atoms with Gasteiger partial charge in [-0.2, -0.15) is 5.10 Å². The number of aliphatic hydroxyl groups excluding tert-OH is 1. The number of allylic oxidation sites excluding steroid dienone is 3. The number of piperidine rings is 1. The number of hydrogen-bond acceptors (Lipinski definition) is 9. The van der Waals surface area contributed by atoms with Crippen molar-refractivity contribution in [2.75, 3.05) is 13.1 Å². The van der Waals surface area contributed by atoms with Gasteiger partial charge in [-0.25, -0.2) is 14.5 Å². The lowest BCUT2D eigenvalue weighted by atomic mass is 10.0. The summed E-state index contributed by atoms with van der Waals surface area (Å²) < 4.78 is 7.28. The molecule has 3 atom stereocenters. The van der Waals surface area contributed by atoms with Gasteiger partial charge in [0.2, 0.25) is 6.35 Å². The zero-order chi connectivity index (χ0) is 27.5. The van der Waals surface area contributed by atoms with Crippen LogP contribution < -0.4 is 21.3 Å². The predicted octanol–water partition coefficient (Wildman–Crippen LogP) is 2.53. The molecule has 210 valence electrons. The second kappa shape index (κ2) is 11.8. The van der Waals surface area contributed by atoms with Crippen LogP contribution in [0.1, 0.15) is 64.1 Å². The first-order valence-electron chi connectivity index (χ1n) is 13.4. The first-order chi connectivity index (χ1) is 18.8. The van der Waals surface area contributed by atoms with Gasteiger partial charge in [0.05, 0.1) is 12.3 Å². The van der Waals surface area contributed by atoms with E-state index >= 15 is 0 Å². The summed E-state index contributed by atoms with van der Waals surface area (Å²) in [6.07, 6.45) is 10.5. The van der Waals surface area contributed by atoms with Gasteiger partial charge in [0, 0.05) is 41.8 Å². The molecule has 39 heavy (non-hydrogen) atoms. The van der Waals surface area contributed by atoms with E-state index in [1.54, 1.807) is 17.0 Å². The maximum Gasteiger partial charge on any atom is 0.410 e. The molecule has 2 amide bonds. The first kappa shape index (κ1) is 27.2. The van der Waals surface area contributed by atoms with E-state index in [4.69, 9.17) is 21.3 Å². The van der Waals surface area contributed by atoms with Gasteiger partial charge in [0.15, 0.2) is 5.82 Å². The molecule has 1 aromatic heterocycles. The van der Waals surface area contributed by atoms with Crippen LogP contribution in [0.3, 0.4) is 0 Å². The van der Waals surface area contributed by atoms with Crippen molar-refractivity contribution >= 4 is 41.3 Å². The number of aliphatic hydroxyl groups is 1. The molecule has 2 fully saturated rings. The van der Waals surface area contributed by atoms with Gasteiger partial charge in [-0.15, -0.1) is 0 Å². The van der Waals surface area contributed by atoms with Crippen LogP contribution in [-0.4, -0.2) is 69.2 Å². The van der Waals surface area contributed by atoms with Crippen LogP contribution in [0.5, 0.6) is 0 Å². The van der Waals surface area contributed by atoms with E-state index in [1.807, 2.05) is 24.8 Å². The van der Waals surface area contributed by atoms with Crippen molar-refractivity contribution < 1.29 is 19.4 Å². The fraction of sp³-hybridized carbons (Fsp3) is 0.538. The summed E-state index contributed by atoms with van der Waals surface area (Å²) in [6.45, 7) is 4.94. The Bertz CT molecular complexity index is 1240. The minimum absolute atomic E-state index is 0.00320. The summed E-state index contributed by atoms with van der Waals surface area (Å²) in [6, 6.07) is -0.00320. The number of nitrogens with one attached hydrogen (secondary N) is 4. The summed E-state index contributed by atoms with van der Waals surface area (Å²) in [4.78, 5) is 31.6. The van der Waals surface area contributed by atoms with E-state index in [-0.39, 0.29) is 30.1 Å². The number of aliphatic imine (C=N–C) groups is 1. The lowest BCUT2D eigenvalue weighted by Gasteiger charge is -2.37.